The molecule has 1 nitrogen and oxygen atoms in total. The average Bonchev–Trinajstić information content (AvgIpc) is 2.42. The number of hydrogen-bond donors (Lipinski definition) is 0. The number of benzene rings is 2. The Balaban J connectivity index is 1.80. The Hall–Kier alpha value is -2.03. The van der Waals surface area contributed by atoms with Gasteiger partial charge < -0.3 is 0 Å². The van der Waals surface area contributed by atoms with Crippen LogP contribution in [0.3, 0.4) is 0 Å². The predicted octanol–water partition coefficient (Wildman–Crippen LogP) is 4.66. The number of hydrogen-bond acceptors (Lipinski definition) is 1. The molecular formula is C18H16F2O. The lowest BCUT2D eigenvalue weighted by atomic mass is 9.79. The topological polar surface area (TPSA) is 17.1 Å². The first-order chi connectivity index (χ1) is 10.1. The van der Waals surface area contributed by atoms with Crippen LogP contribution in [0.15, 0.2) is 42.5 Å². The highest BCUT2D eigenvalue weighted by Crippen LogP contribution is 2.36. The molecule has 0 spiro atoms. The molecule has 0 unspecified atom stereocenters. The molecule has 0 N–H and O–H groups in total. The summed E-state index contributed by atoms with van der Waals surface area (Å²) in [4.78, 5) is 12.3. The maximum absolute atomic E-state index is 13.6. The molecule has 0 radical (unpaired) electrons. The van der Waals surface area contributed by atoms with Crippen LogP contribution in [0.2, 0.25) is 0 Å². The summed E-state index contributed by atoms with van der Waals surface area (Å²) in [6, 6.07) is 11.5. The quantitative estimate of drug-likeness (QED) is 0.747. The van der Waals surface area contributed by atoms with Gasteiger partial charge >= 0.3 is 0 Å². The summed E-state index contributed by atoms with van der Waals surface area (Å²) in [6.07, 6.45) is 3.45. The van der Waals surface area contributed by atoms with Crippen LogP contribution in [0.4, 0.5) is 8.78 Å². The van der Waals surface area contributed by atoms with E-state index in [1.54, 1.807) is 6.07 Å². The number of carbonyl (C=O) groups excluding carboxylic acids is 1. The van der Waals surface area contributed by atoms with Crippen LogP contribution in [0.5, 0.6) is 0 Å². The van der Waals surface area contributed by atoms with Gasteiger partial charge in [0.2, 0.25) is 0 Å². The minimum absolute atomic E-state index is 0.106. The first-order valence-corrected chi connectivity index (χ1v) is 7.21. The standard InChI is InChI=1S/C18H16F2O/c19-16-9-3-8-15(18(16)20)11-17(21)14-7-2-6-13(10-14)12-4-1-5-12/h2-3,6-10,12H,1,4-5,11H2. The number of carbonyl (C=O) groups is 1. The van der Waals surface area contributed by atoms with Crippen molar-refractivity contribution in [2.45, 2.75) is 31.6 Å². The van der Waals surface area contributed by atoms with E-state index in [-0.39, 0.29) is 17.8 Å². The Morgan fingerprint density at radius 1 is 1.10 bits per heavy atom. The third-order valence-electron chi connectivity index (χ3n) is 4.17. The molecule has 0 aromatic heterocycles. The van der Waals surface area contributed by atoms with E-state index in [1.165, 1.54) is 24.1 Å². The van der Waals surface area contributed by atoms with Crippen molar-refractivity contribution in [3.63, 3.8) is 0 Å². The Morgan fingerprint density at radius 3 is 2.57 bits per heavy atom. The summed E-state index contributed by atoms with van der Waals surface area (Å²) < 4.78 is 26.8. The fraction of sp³-hybridized carbons (Fsp3) is 0.278. The summed E-state index contributed by atoms with van der Waals surface area (Å²) in [5, 5.41) is 0. The highest BCUT2D eigenvalue weighted by molar-refractivity contribution is 5.97. The van der Waals surface area contributed by atoms with Gasteiger partial charge in [-0.3, -0.25) is 4.79 Å². The van der Waals surface area contributed by atoms with Gasteiger partial charge in [-0.05, 0) is 42.0 Å². The van der Waals surface area contributed by atoms with Gasteiger partial charge in [-0.25, -0.2) is 8.78 Å². The second kappa shape index (κ2) is 5.76. The van der Waals surface area contributed by atoms with Crippen molar-refractivity contribution in [2.75, 3.05) is 0 Å². The molecule has 1 fully saturated rings. The van der Waals surface area contributed by atoms with Gasteiger partial charge in [0.15, 0.2) is 17.4 Å². The summed E-state index contributed by atoms with van der Waals surface area (Å²) in [6.45, 7) is 0. The first kappa shape index (κ1) is 13.9. The molecule has 1 aliphatic rings. The van der Waals surface area contributed by atoms with Crippen molar-refractivity contribution < 1.29 is 13.6 Å². The molecule has 0 heterocycles. The molecule has 108 valence electrons. The molecule has 2 aromatic carbocycles. The second-order valence-electron chi connectivity index (χ2n) is 5.57. The number of ketones is 1. The van der Waals surface area contributed by atoms with Gasteiger partial charge in [0.05, 0.1) is 0 Å². The number of halogens is 2. The SMILES string of the molecule is O=C(Cc1cccc(F)c1F)c1cccc(C2CCC2)c1. The maximum atomic E-state index is 13.6. The van der Waals surface area contributed by atoms with E-state index in [0.717, 1.165) is 18.9 Å². The maximum Gasteiger partial charge on any atom is 0.167 e. The largest absolute Gasteiger partial charge is 0.294 e. The first-order valence-electron chi connectivity index (χ1n) is 7.21. The fourth-order valence-corrected chi connectivity index (χ4v) is 2.67. The van der Waals surface area contributed by atoms with Crippen LogP contribution in [0, 0.1) is 11.6 Å². The minimum Gasteiger partial charge on any atom is -0.294 e. The van der Waals surface area contributed by atoms with E-state index in [4.69, 9.17) is 0 Å². The van der Waals surface area contributed by atoms with Gasteiger partial charge in [-0.15, -0.1) is 0 Å². The van der Waals surface area contributed by atoms with Crippen LogP contribution in [-0.2, 0) is 6.42 Å². The number of rotatable bonds is 4. The van der Waals surface area contributed by atoms with Crippen LogP contribution in [0.1, 0.15) is 46.7 Å². The Labute approximate surface area is 122 Å². The van der Waals surface area contributed by atoms with E-state index in [9.17, 15) is 13.6 Å². The molecule has 0 amide bonds. The minimum atomic E-state index is -0.930. The molecule has 2 aromatic rings. The lowest BCUT2D eigenvalue weighted by molar-refractivity contribution is 0.0991. The summed E-state index contributed by atoms with van der Waals surface area (Å²) >= 11 is 0. The van der Waals surface area contributed by atoms with Gasteiger partial charge in [0.25, 0.3) is 0 Å². The summed E-state index contributed by atoms with van der Waals surface area (Å²) in [7, 11) is 0. The van der Waals surface area contributed by atoms with E-state index in [1.807, 2.05) is 18.2 Å². The van der Waals surface area contributed by atoms with Gasteiger partial charge in [0.1, 0.15) is 0 Å². The Bertz CT molecular complexity index is 675. The van der Waals surface area contributed by atoms with Crippen molar-refractivity contribution in [1.29, 1.82) is 0 Å². The zero-order valence-electron chi connectivity index (χ0n) is 11.6. The fourth-order valence-electron chi connectivity index (χ4n) is 2.67. The van der Waals surface area contributed by atoms with E-state index in [0.29, 0.717) is 11.5 Å². The lowest BCUT2D eigenvalue weighted by Crippen LogP contribution is -2.11. The number of Topliss-reactive ketones (excluding diaryl/α,β-unsaturated/α-hetero) is 1. The third-order valence-corrected chi connectivity index (χ3v) is 4.17. The summed E-state index contributed by atoms with van der Waals surface area (Å²) in [5.74, 6) is -1.48. The van der Waals surface area contributed by atoms with Crippen LogP contribution in [-0.4, -0.2) is 5.78 Å². The van der Waals surface area contributed by atoms with Gasteiger partial charge in [-0.1, -0.05) is 36.8 Å². The average molecular weight is 286 g/mol. The second-order valence-corrected chi connectivity index (χ2v) is 5.57. The molecule has 0 aliphatic heterocycles. The zero-order valence-corrected chi connectivity index (χ0v) is 11.6. The smallest absolute Gasteiger partial charge is 0.167 e. The monoisotopic (exact) mass is 286 g/mol. The van der Waals surface area contributed by atoms with E-state index >= 15 is 0 Å². The Morgan fingerprint density at radius 2 is 1.86 bits per heavy atom. The molecule has 1 saturated carbocycles. The van der Waals surface area contributed by atoms with Crippen LogP contribution in [0.25, 0.3) is 0 Å². The molecule has 3 rings (SSSR count). The normalized spacial score (nSPS) is 14.8. The molecule has 1 aliphatic carbocycles. The van der Waals surface area contributed by atoms with Gasteiger partial charge in [0, 0.05) is 12.0 Å². The van der Waals surface area contributed by atoms with Crippen molar-refractivity contribution in [3.05, 3.63) is 70.8 Å². The van der Waals surface area contributed by atoms with Crippen molar-refractivity contribution in [1.82, 2.24) is 0 Å². The molecule has 21 heavy (non-hydrogen) atoms. The van der Waals surface area contributed by atoms with Crippen molar-refractivity contribution >= 4 is 5.78 Å². The van der Waals surface area contributed by atoms with Crippen LogP contribution < -0.4 is 0 Å². The third kappa shape index (κ3) is 2.87. The van der Waals surface area contributed by atoms with Crippen molar-refractivity contribution in [2.24, 2.45) is 0 Å². The molecule has 0 atom stereocenters. The highest BCUT2D eigenvalue weighted by atomic mass is 19.2. The molecule has 0 saturated heterocycles. The van der Waals surface area contributed by atoms with Gasteiger partial charge in [-0.2, -0.15) is 0 Å². The Kier molecular flexibility index (Phi) is 3.82. The molecule has 3 heteroatoms. The van der Waals surface area contributed by atoms with E-state index < -0.39 is 11.6 Å². The predicted molar refractivity (Wildman–Crippen MR) is 77.4 cm³/mol. The highest BCUT2D eigenvalue weighted by Gasteiger charge is 2.20. The zero-order chi connectivity index (χ0) is 14.8. The lowest BCUT2D eigenvalue weighted by Gasteiger charge is -2.26. The molecule has 0 bridgehead atoms. The van der Waals surface area contributed by atoms with E-state index in [2.05, 4.69) is 0 Å². The van der Waals surface area contributed by atoms with Crippen LogP contribution >= 0.6 is 0 Å². The summed E-state index contributed by atoms with van der Waals surface area (Å²) in [5.41, 5.74) is 1.85. The van der Waals surface area contributed by atoms with Crippen molar-refractivity contribution in [3.8, 4) is 0 Å². The molecular weight excluding hydrogens is 270 g/mol.